The highest BCUT2D eigenvalue weighted by molar-refractivity contribution is 5.99. The average Bonchev–Trinajstić information content (AvgIpc) is 3.28. The maximum absolute atomic E-state index is 12.3. The Morgan fingerprint density at radius 1 is 1.09 bits per heavy atom. The highest BCUT2D eigenvalue weighted by Gasteiger charge is 2.26. The van der Waals surface area contributed by atoms with Gasteiger partial charge in [0.25, 0.3) is 0 Å². The maximum Gasteiger partial charge on any atom is 0.323 e. The first-order chi connectivity index (χ1) is 16.6. The van der Waals surface area contributed by atoms with E-state index in [-0.39, 0.29) is 12.1 Å². The topological polar surface area (TPSA) is 123 Å². The van der Waals surface area contributed by atoms with Crippen LogP contribution < -0.4 is 15.5 Å². The summed E-state index contributed by atoms with van der Waals surface area (Å²) in [5.41, 5.74) is 3.52. The lowest BCUT2D eigenvalue weighted by Gasteiger charge is -2.34. The van der Waals surface area contributed by atoms with E-state index in [4.69, 9.17) is 14.7 Å². The highest BCUT2D eigenvalue weighted by Crippen LogP contribution is 2.29. The Labute approximate surface area is 196 Å². The average molecular weight is 460 g/mol. The highest BCUT2D eigenvalue weighted by atomic mass is 16.5. The fourth-order valence-corrected chi connectivity index (χ4v) is 3.86. The molecule has 2 amide bonds. The number of urea groups is 1. The summed E-state index contributed by atoms with van der Waals surface area (Å²) in [6.45, 7) is 6.75. The third kappa shape index (κ3) is 4.37. The molecule has 174 valence electrons. The number of aromatic nitrogens is 6. The third-order valence-corrected chi connectivity index (χ3v) is 5.62. The number of carbonyl (C=O) groups is 1. The number of aryl methyl sites for hydroxylation is 1. The normalized spacial score (nSPS) is 15.9. The number of hydrogen-bond acceptors (Lipinski definition) is 8. The molecule has 34 heavy (non-hydrogen) atoms. The van der Waals surface area contributed by atoms with Gasteiger partial charge in [0.15, 0.2) is 22.8 Å². The Bertz CT molecular complexity index is 1290. The van der Waals surface area contributed by atoms with Crippen LogP contribution in [0.2, 0.25) is 0 Å². The second kappa shape index (κ2) is 9.40. The fraction of sp³-hybridized carbons (Fsp3) is 0.304. The van der Waals surface area contributed by atoms with Gasteiger partial charge in [0, 0.05) is 42.4 Å². The van der Waals surface area contributed by atoms with Crippen LogP contribution in [0.3, 0.4) is 0 Å². The monoisotopic (exact) mass is 459 g/mol. The van der Waals surface area contributed by atoms with E-state index < -0.39 is 0 Å². The second-order valence-corrected chi connectivity index (χ2v) is 7.96. The van der Waals surface area contributed by atoms with Crippen LogP contribution in [0, 0.1) is 0 Å². The van der Waals surface area contributed by atoms with Crippen LogP contribution in [-0.4, -0.2) is 61.8 Å². The van der Waals surface area contributed by atoms with Gasteiger partial charge in [-0.25, -0.2) is 19.4 Å². The molecule has 0 radical (unpaired) electrons. The van der Waals surface area contributed by atoms with E-state index in [1.165, 1.54) is 0 Å². The summed E-state index contributed by atoms with van der Waals surface area (Å²) in [4.78, 5) is 28.1. The van der Waals surface area contributed by atoms with Gasteiger partial charge in [-0.3, -0.25) is 4.98 Å². The number of anilines is 3. The van der Waals surface area contributed by atoms with Crippen LogP contribution in [0.15, 0.2) is 48.8 Å². The van der Waals surface area contributed by atoms with Crippen molar-refractivity contribution in [3.8, 4) is 11.4 Å². The summed E-state index contributed by atoms with van der Waals surface area (Å²) in [5, 5.41) is 14.2. The van der Waals surface area contributed by atoms with E-state index in [0.29, 0.717) is 48.1 Å². The van der Waals surface area contributed by atoms with Crippen LogP contribution in [0.4, 0.5) is 22.0 Å². The first-order valence-corrected chi connectivity index (χ1v) is 11.2. The number of morpholine rings is 1. The zero-order valence-corrected chi connectivity index (χ0v) is 19.0. The minimum absolute atomic E-state index is 0.164. The molecule has 11 heteroatoms. The molecule has 1 aliphatic heterocycles. The van der Waals surface area contributed by atoms with Gasteiger partial charge < -0.3 is 20.3 Å². The quantitative estimate of drug-likeness (QED) is 0.467. The van der Waals surface area contributed by atoms with Gasteiger partial charge in [0.1, 0.15) is 0 Å². The number of benzene rings is 1. The molecule has 1 aromatic carbocycles. The van der Waals surface area contributed by atoms with Gasteiger partial charge in [-0.05, 0) is 50.2 Å². The van der Waals surface area contributed by atoms with E-state index in [1.54, 1.807) is 29.2 Å². The Balaban J connectivity index is 1.42. The summed E-state index contributed by atoms with van der Waals surface area (Å²) < 4.78 is 7.37. The van der Waals surface area contributed by atoms with Crippen molar-refractivity contribution >= 4 is 34.4 Å². The van der Waals surface area contributed by atoms with E-state index in [9.17, 15) is 4.79 Å². The number of nitrogens with zero attached hydrogens (tertiary/aromatic N) is 7. The van der Waals surface area contributed by atoms with Gasteiger partial charge in [0.2, 0.25) is 0 Å². The van der Waals surface area contributed by atoms with Crippen LogP contribution in [0.25, 0.3) is 22.6 Å². The van der Waals surface area contributed by atoms with E-state index in [1.807, 2.05) is 31.2 Å². The molecule has 1 fully saturated rings. The molecule has 1 atom stereocenters. The number of rotatable bonds is 5. The number of ether oxygens (including phenoxy) is 1. The number of hydrogen-bond donors (Lipinski definition) is 2. The molecule has 0 unspecified atom stereocenters. The Kier molecular flexibility index (Phi) is 6.00. The summed E-state index contributed by atoms with van der Waals surface area (Å²) in [6, 6.07) is 10.7. The van der Waals surface area contributed by atoms with Crippen molar-refractivity contribution in [3.63, 3.8) is 0 Å². The van der Waals surface area contributed by atoms with Crippen molar-refractivity contribution in [2.24, 2.45) is 0 Å². The van der Waals surface area contributed by atoms with Crippen molar-refractivity contribution in [2.45, 2.75) is 26.4 Å². The van der Waals surface area contributed by atoms with Crippen LogP contribution >= 0.6 is 0 Å². The predicted molar refractivity (Wildman–Crippen MR) is 129 cm³/mol. The lowest BCUT2D eigenvalue weighted by Crippen LogP contribution is -2.44. The maximum atomic E-state index is 12.3. The Morgan fingerprint density at radius 2 is 1.82 bits per heavy atom. The van der Waals surface area contributed by atoms with Crippen LogP contribution in [0.1, 0.15) is 13.8 Å². The van der Waals surface area contributed by atoms with Crippen LogP contribution in [-0.2, 0) is 11.3 Å². The standard InChI is InChI=1S/C23H25N9O2/c1-3-32-22-19(29-30-32)21(31-12-13-34-14-15(31)2)27-20(28-22)16-4-6-17(7-5-16)25-23(33)26-18-8-10-24-11-9-18/h4-11,15H,3,12-14H2,1-2H3,(H2,24,25,26,33)/t15-/m0/s1. The van der Waals surface area contributed by atoms with Crippen molar-refractivity contribution in [2.75, 3.05) is 35.3 Å². The van der Waals surface area contributed by atoms with Crippen molar-refractivity contribution in [1.29, 1.82) is 0 Å². The summed E-state index contributed by atoms with van der Waals surface area (Å²) in [5.74, 6) is 1.33. The number of fused-ring (bicyclic) bond motifs is 1. The summed E-state index contributed by atoms with van der Waals surface area (Å²) in [6.07, 6.45) is 3.24. The number of pyridine rings is 1. The number of amides is 2. The molecule has 1 saturated heterocycles. The zero-order valence-electron chi connectivity index (χ0n) is 19.0. The molecule has 11 nitrogen and oxygen atoms in total. The molecule has 2 N–H and O–H groups in total. The molecule has 0 spiro atoms. The lowest BCUT2D eigenvalue weighted by molar-refractivity contribution is 0.0987. The molecule has 1 aliphatic rings. The molecule has 0 aliphatic carbocycles. The van der Waals surface area contributed by atoms with E-state index >= 15 is 0 Å². The summed E-state index contributed by atoms with van der Waals surface area (Å²) >= 11 is 0. The molecule has 5 rings (SSSR count). The smallest absolute Gasteiger partial charge is 0.323 e. The molecule has 3 aromatic heterocycles. The van der Waals surface area contributed by atoms with E-state index in [0.717, 1.165) is 17.9 Å². The van der Waals surface area contributed by atoms with Crippen LogP contribution in [0.5, 0.6) is 0 Å². The SMILES string of the molecule is CCn1nnc2c(N3CCOC[C@@H]3C)nc(-c3ccc(NC(=O)Nc4ccncc4)cc3)nc21. The largest absolute Gasteiger partial charge is 0.377 e. The fourth-order valence-electron chi connectivity index (χ4n) is 3.86. The second-order valence-electron chi connectivity index (χ2n) is 7.96. The van der Waals surface area contributed by atoms with Gasteiger partial charge in [-0.15, -0.1) is 5.10 Å². The van der Waals surface area contributed by atoms with Gasteiger partial charge in [-0.2, -0.15) is 0 Å². The molecule has 0 bridgehead atoms. The zero-order chi connectivity index (χ0) is 23.5. The molecular weight excluding hydrogens is 434 g/mol. The molecular formula is C23H25N9O2. The minimum atomic E-state index is -0.335. The van der Waals surface area contributed by atoms with Crippen molar-refractivity contribution in [1.82, 2.24) is 29.9 Å². The minimum Gasteiger partial charge on any atom is -0.377 e. The summed E-state index contributed by atoms with van der Waals surface area (Å²) in [7, 11) is 0. The van der Waals surface area contributed by atoms with Gasteiger partial charge in [-0.1, -0.05) is 5.21 Å². The molecule has 4 aromatic rings. The number of nitrogens with one attached hydrogen (secondary N) is 2. The molecule has 4 heterocycles. The Morgan fingerprint density at radius 3 is 2.53 bits per heavy atom. The first-order valence-electron chi connectivity index (χ1n) is 11.2. The van der Waals surface area contributed by atoms with Crippen molar-refractivity contribution in [3.05, 3.63) is 48.8 Å². The lowest BCUT2D eigenvalue weighted by atomic mass is 10.2. The van der Waals surface area contributed by atoms with Crippen molar-refractivity contribution < 1.29 is 9.53 Å². The molecule has 0 saturated carbocycles. The van der Waals surface area contributed by atoms with Gasteiger partial charge >= 0.3 is 6.03 Å². The van der Waals surface area contributed by atoms with E-state index in [2.05, 4.69) is 37.8 Å². The predicted octanol–water partition coefficient (Wildman–Crippen LogP) is 3.17. The Hall–Kier alpha value is -4.12. The number of carbonyl (C=O) groups excluding carboxylic acids is 1. The van der Waals surface area contributed by atoms with Gasteiger partial charge in [0.05, 0.1) is 19.3 Å². The third-order valence-electron chi connectivity index (χ3n) is 5.62. The first kappa shape index (κ1) is 21.7.